The Morgan fingerprint density at radius 1 is 0.946 bits per heavy atom. The fourth-order valence-electron chi connectivity index (χ4n) is 4.31. The molecular formula is C29H35ClN2O5. The number of hydrogen-bond acceptors (Lipinski definition) is 6. The number of halogens is 1. The van der Waals surface area contributed by atoms with Crippen molar-refractivity contribution in [1.29, 1.82) is 0 Å². The molecule has 0 aliphatic carbocycles. The number of rotatable bonds is 12. The summed E-state index contributed by atoms with van der Waals surface area (Å²) in [5.74, 6) is 1.35. The number of aliphatic hydroxyl groups excluding tert-OH is 1. The molecule has 0 saturated carbocycles. The van der Waals surface area contributed by atoms with E-state index in [0.29, 0.717) is 24.8 Å². The lowest BCUT2D eigenvalue weighted by Crippen LogP contribution is -2.37. The lowest BCUT2D eigenvalue weighted by atomic mass is 10.1. The van der Waals surface area contributed by atoms with E-state index in [1.807, 2.05) is 60.7 Å². The maximum absolute atomic E-state index is 11.5. The van der Waals surface area contributed by atoms with Crippen LogP contribution < -0.4 is 14.4 Å². The number of H-pyrrole nitrogens is 1. The van der Waals surface area contributed by atoms with Crippen molar-refractivity contribution in [1.82, 2.24) is 4.98 Å². The maximum atomic E-state index is 11.5. The molecule has 0 saturated heterocycles. The number of esters is 1. The number of para-hydroxylation sites is 1. The van der Waals surface area contributed by atoms with Gasteiger partial charge in [0, 0.05) is 35.1 Å². The number of ether oxygens (including phenoxy) is 3. The fraction of sp³-hybridized carbons (Fsp3) is 0.345. The minimum Gasteiger partial charge on any atom is -0.490 e. The summed E-state index contributed by atoms with van der Waals surface area (Å²) in [5.41, 5.74) is 3.03. The van der Waals surface area contributed by atoms with Crippen LogP contribution in [-0.4, -0.2) is 55.1 Å². The molecule has 198 valence electrons. The number of anilines is 1. The Hall–Kier alpha value is -3.42. The van der Waals surface area contributed by atoms with E-state index in [-0.39, 0.29) is 25.6 Å². The number of carbonyl (C=O) groups excluding carboxylic acids is 1. The first kappa shape index (κ1) is 28.2. The van der Waals surface area contributed by atoms with Crippen molar-refractivity contribution in [3.05, 3.63) is 66.7 Å². The molecule has 0 fully saturated rings. The fourth-order valence-corrected chi connectivity index (χ4v) is 4.31. The number of aliphatic hydroxyl groups is 1. The van der Waals surface area contributed by atoms with E-state index in [0.717, 1.165) is 39.8 Å². The number of fused-ring (bicyclic) bond motifs is 3. The predicted molar refractivity (Wildman–Crippen MR) is 150 cm³/mol. The number of nitrogens with one attached hydrogen (secondary N) is 1. The van der Waals surface area contributed by atoms with Crippen molar-refractivity contribution >= 4 is 45.9 Å². The van der Waals surface area contributed by atoms with Crippen LogP contribution in [0.1, 0.15) is 20.8 Å². The van der Waals surface area contributed by atoms with Crippen LogP contribution in [0.15, 0.2) is 66.7 Å². The van der Waals surface area contributed by atoms with Gasteiger partial charge in [0.15, 0.2) is 6.61 Å². The van der Waals surface area contributed by atoms with Gasteiger partial charge in [0.1, 0.15) is 24.2 Å². The monoisotopic (exact) mass is 526 g/mol. The van der Waals surface area contributed by atoms with Gasteiger partial charge in [0.05, 0.1) is 12.1 Å². The molecule has 0 aliphatic rings. The lowest BCUT2D eigenvalue weighted by molar-refractivity contribution is -0.145. The molecule has 0 spiro atoms. The minimum absolute atomic E-state index is 0. The Morgan fingerprint density at radius 3 is 2.41 bits per heavy atom. The van der Waals surface area contributed by atoms with Crippen molar-refractivity contribution in [3.8, 4) is 11.5 Å². The zero-order valence-corrected chi connectivity index (χ0v) is 22.3. The van der Waals surface area contributed by atoms with Crippen molar-refractivity contribution in [3.63, 3.8) is 0 Å². The smallest absolute Gasteiger partial charge is 0.344 e. The third-order valence-electron chi connectivity index (χ3n) is 5.80. The third kappa shape index (κ3) is 7.31. The molecule has 7 nitrogen and oxygen atoms in total. The van der Waals surface area contributed by atoms with Crippen LogP contribution in [0.2, 0.25) is 0 Å². The first-order valence-corrected chi connectivity index (χ1v) is 12.4. The molecule has 37 heavy (non-hydrogen) atoms. The quantitative estimate of drug-likeness (QED) is 0.234. The Kier molecular flexibility index (Phi) is 10.1. The normalized spacial score (nSPS) is 11.8. The average molecular weight is 527 g/mol. The number of aromatic amines is 1. The third-order valence-corrected chi connectivity index (χ3v) is 5.80. The van der Waals surface area contributed by atoms with Gasteiger partial charge in [-0.25, -0.2) is 4.79 Å². The Balaban J connectivity index is 0.00000380. The number of carbonyl (C=O) groups is 1. The van der Waals surface area contributed by atoms with Crippen LogP contribution in [0.4, 0.5) is 5.69 Å². The van der Waals surface area contributed by atoms with Crippen molar-refractivity contribution in [2.45, 2.75) is 26.9 Å². The highest BCUT2D eigenvalue weighted by Crippen LogP contribution is 2.33. The number of aromatic nitrogens is 1. The number of hydrogen-bond donors (Lipinski definition) is 2. The van der Waals surface area contributed by atoms with E-state index in [4.69, 9.17) is 14.2 Å². The van der Waals surface area contributed by atoms with Gasteiger partial charge >= 0.3 is 5.97 Å². The standard InChI is InChI=1S/C29H34N2O5.ClH/c1-4-34-28(33)19-35-23-14-12-21(13-15-23)31(16-20(2)3)17-22(32)18-36-27-11-7-10-26-29(27)24-8-5-6-9-25(24)30-26;/h5-15,20,22,30,32H,4,16-19H2,1-3H3;1H/t22-;/m0./s1. The summed E-state index contributed by atoms with van der Waals surface area (Å²) in [6, 6.07) is 21.6. The van der Waals surface area contributed by atoms with Gasteiger partial charge in [0.2, 0.25) is 0 Å². The van der Waals surface area contributed by atoms with E-state index in [2.05, 4.69) is 29.8 Å². The molecule has 4 aromatic rings. The summed E-state index contributed by atoms with van der Waals surface area (Å²) in [4.78, 5) is 17.1. The molecule has 3 aromatic carbocycles. The molecule has 0 radical (unpaired) electrons. The van der Waals surface area contributed by atoms with Gasteiger partial charge in [-0.15, -0.1) is 12.4 Å². The highest BCUT2D eigenvalue weighted by atomic mass is 35.5. The van der Waals surface area contributed by atoms with Crippen molar-refractivity contribution < 1.29 is 24.1 Å². The summed E-state index contributed by atoms with van der Waals surface area (Å²) in [6.45, 7) is 7.63. The molecule has 2 N–H and O–H groups in total. The van der Waals surface area contributed by atoms with E-state index in [1.54, 1.807) is 6.92 Å². The lowest BCUT2D eigenvalue weighted by Gasteiger charge is -2.29. The van der Waals surface area contributed by atoms with Gasteiger partial charge in [-0.2, -0.15) is 0 Å². The van der Waals surface area contributed by atoms with Crippen LogP contribution in [0, 0.1) is 5.92 Å². The summed E-state index contributed by atoms with van der Waals surface area (Å²) in [6.07, 6.45) is -0.691. The SMILES string of the molecule is CCOC(=O)COc1ccc(N(CC(C)C)C[C@H](O)COc2cccc3[nH]c4ccccc4c23)cc1.Cl. The summed E-state index contributed by atoms with van der Waals surface area (Å²) < 4.78 is 16.5. The summed E-state index contributed by atoms with van der Waals surface area (Å²) in [5, 5.41) is 13.0. The molecule has 8 heteroatoms. The van der Waals surface area contributed by atoms with Crippen LogP contribution >= 0.6 is 12.4 Å². The first-order chi connectivity index (χ1) is 17.4. The van der Waals surface area contributed by atoms with Crippen LogP contribution in [0.3, 0.4) is 0 Å². The largest absolute Gasteiger partial charge is 0.490 e. The Bertz CT molecular complexity index is 1290. The minimum atomic E-state index is -0.691. The Labute approximate surface area is 223 Å². The van der Waals surface area contributed by atoms with Crippen LogP contribution in [0.25, 0.3) is 21.8 Å². The van der Waals surface area contributed by atoms with Crippen LogP contribution in [-0.2, 0) is 9.53 Å². The number of nitrogens with zero attached hydrogens (tertiary/aromatic N) is 1. The second-order valence-electron chi connectivity index (χ2n) is 9.20. The maximum Gasteiger partial charge on any atom is 0.344 e. The second-order valence-corrected chi connectivity index (χ2v) is 9.20. The number of benzene rings is 3. The van der Waals surface area contributed by atoms with E-state index in [1.165, 1.54) is 0 Å². The molecule has 1 aromatic heterocycles. The molecular weight excluding hydrogens is 492 g/mol. The highest BCUT2D eigenvalue weighted by Gasteiger charge is 2.17. The molecule has 0 bridgehead atoms. The van der Waals surface area contributed by atoms with Crippen molar-refractivity contribution in [2.75, 3.05) is 37.8 Å². The molecule has 0 aliphatic heterocycles. The average Bonchev–Trinajstić information content (AvgIpc) is 3.25. The zero-order chi connectivity index (χ0) is 25.5. The zero-order valence-electron chi connectivity index (χ0n) is 21.5. The molecule has 1 atom stereocenters. The first-order valence-electron chi connectivity index (χ1n) is 12.4. The van der Waals surface area contributed by atoms with Gasteiger partial charge in [-0.1, -0.05) is 38.1 Å². The van der Waals surface area contributed by atoms with Gasteiger partial charge in [0.25, 0.3) is 0 Å². The van der Waals surface area contributed by atoms with E-state index in [9.17, 15) is 9.90 Å². The predicted octanol–water partition coefficient (Wildman–Crippen LogP) is 5.59. The molecule has 0 amide bonds. The van der Waals surface area contributed by atoms with Crippen LogP contribution in [0.5, 0.6) is 11.5 Å². The van der Waals surface area contributed by atoms with Gasteiger partial charge < -0.3 is 29.2 Å². The van der Waals surface area contributed by atoms with E-state index >= 15 is 0 Å². The van der Waals surface area contributed by atoms with Gasteiger partial charge in [-0.3, -0.25) is 0 Å². The highest BCUT2D eigenvalue weighted by molar-refractivity contribution is 6.10. The van der Waals surface area contributed by atoms with Crippen molar-refractivity contribution in [2.24, 2.45) is 5.92 Å². The van der Waals surface area contributed by atoms with Gasteiger partial charge in [-0.05, 0) is 55.3 Å². The Morgan fingerprint density at radius 2 is 1.68 bits per heavy atom. The summed E-state index contributed by atoms with van der Waals surface area (Å²) >= 11 is 0. The topological polar surface area (TPSA) is 84.0 Å². The second kappa shape index (κ2) is 13.2. The summed E-state index contributed by atoms with van der Waals surface area (Å²) in [7, 11) is 0. The van der Waals surface area contributed by atoms with E-state index < -0.39 is 12.1 Å². The molecule has 4 rings (SSSR count). The molecule has 1 heterocycles. The molecule has 0 unspecified atom stereocenters.